The van der Waals surface area contributed by atoms with Gasteiger partial charge in [-0.3, -0.25) is 9.59 Å². The molecule has 11 heteroatoms. The molecule has 0 saturated heterocycles. The van der Waals surface area contributed by atoms with Crippen LogP contribution in [0.15, 0.2) is 42.5 Å². The van der Waals surface area contributed by atoms with Crippen molar-refractivity contribution in [2.75, 3.05) is 5.32 Å². The van der Waals surface area contributed by atoms with Crippen LogP contribution in [-0.4, -0.2) is 26.8 Å². The molecule has 0 radical (unpaired) electrons. The molecule has 1 atom stereocenters. The van der Waals surface area contributed by atoms with Crippen molar-refractivity contribution in [3.05, 3.63) is 63.6 Å². The highest BCUT2D eigenvalue weighted by atomic mass is 35.6. The van der Waals surface area contributed by atoms with E-state index in [4.69, 9.17) is 70.2 Å². The van der Waals surface area contributed by atoms with E-state index < -0.39 is 15.9 Å². The molecule has 2 aromatic carbocycles. The van der Waals surface area contributed by atoms with Gasteiger partial charge < -0.3 is 16.0 Å². The van der Waals surface area contributed by atoms with Crippen LogP contribution in [0.3, 0.4) is 0 Å². The van der Waals surface area contributed by atoms with Gasteiger partial charge in [-0.2, -0.15) is 0 Å². The van der Waals surface area contributed by atoms with Gasteiger partial charge in [0.25, 0.3) is 5.91 Å². The molecule has 2 rings (SSSR count). The third kappa shape index (κ3) is 7.17. The van der Waals surface area contributed by atoms with Crippen LogP contribution in [0.2, 0.25) is 10.0 Å². The summed E-state index contributed by atoms with van der Waals surface area (Å²) in [7, 11) is 0. The molecule has 3 N–H and O–H groups in total. The Morgan fingerprint density at radius 1 is 1.00 bits per heavy atom. The zero-order chi connectivity index (χ0) is 21.8. The minimum absolute atomic E-state index is 0.0582. The summed E-state index contributed by atoms with van der Waals surface area (Å²) < 4.78 is -1.93. The fraction of sp³-hybridized carbons (Fsp3) is 0.167. The molecular formula is C18H14Cl5N3O2S. The highest BCUT2D eigenvalue weighted by Gasteiger charge is 2.35. The molecule has 2 aromatic rings. The van der Waals surface area contributed by atoms with Gasteiger partial charge in [-0.25, -0.2) is 0 Å². The van der Waals surface area contributed by atoms with Crippen molar-refractivity contribution in [3.8, 4) is 0 Å². The SMILES string of the molecule is CC(=O)c1ccc(NC(=S)N[C@H](NC(=O)c2ccc(Cl)cc2Cl)C(Cl)(Cl)Cl)cc1. The Bertz CT molecular complexity index is 932. The molecule has 154 valence electrons. The maximum atomic E-state index is 12.5. The fourth-order valence-corrected chi connectivity index (χ4v) is 3.23. The number of thiocarbonyl (C=S) groups is 1. The minimum Gasteiger partial charge on any atom is -0.339 e. The van der Waals surface area contributed by atoms with Gasteiger partial charge in [0.1, 0.15) is 6.17 Å². The van der Waals surface area contributed by atoms with E-state index in [1.165, 1.54) is 25.1 Å². The predicted octanol–water partition coefficient (Wildman–Crippen LogP) is 5.61. The predicted molar refractivity (Wildman–Crippen MR) is 124 cm³/mol. The average molecular weight is 514 g/mol. The molecule has 0 aliphatic rings. The lowest BCUT2D eigenvalue weighted by Crippen LogP contribution is -2.56. The van der Waals surface area contributed by atoms with E-state index in [2.05, 4.69) is 16.0 Å². The van der Waals surface area contributed by atoms with Crippen molar-refractivity contribution in [1.29, 1.82) is 0 Å². The first-order valence-corrected chi connectivity index (χ1v) is 10.3. The Morgan fingerprint density at radius 3 is 2.14 bits per heavy atom. The molecule has 0 aromatic heterocycles. The zero-order valence-electron chi connectivity index (χ0n) is 14.7. The number of hydrogen-bond donors (Lipinski definition) is 3. The fourth-order valence-electron chi connectivity index (χ4n) is 2.17. The first-order chi connectivity index (χ1) is 13.5. The van der Waals surface area contributed by atoms with Crippen LogP contribution in [0, 0.1) is 0 Å². The van der Waals surface area contributed by atoms with E-state index >= 15 is 0 Å². The normalized spacial score (nSPS) is 12.1. The van der Waals surface area contributed by atoms with E-state index in [0.29, 0.717) is 16.3 Å². The zero-order valence-corrected chi connectivity index (χ0v) is 19.3. The quantitative estimate of drug-likeness (QED) is 0.210. The molecule has 0 spiro atoms. The van der Waals surface area contributed by atoms with Crippen molar-refractivity contribution in [3.63, 3.8) is 0 Å². The molecule has 0 unspecified atom stereocenters. The number of benzene rings is 2. The summed E-state index contributed by atoms with van der Waals surface area (Å²) in [5, 5.41) is 8.74. The Kier molecular flexibility index (Phi) is 8.40. The third-order valence-electron chi connectivity index (χ3n) is 3.60. The molecule has 0 saturated carbocycles. The molecule has 0 fully saturated rings. The number of rotatable bonds is 5. The summed E-state index contributed by atoms with van der Waals surface area (Å²) in [6.07, 6.45) is -1.18. The van der Waals surface area contributed by atoms with Crippen molar-refractivity contribution >= 4 is 92.7 Å². The number of nitrogens with one attached hydrogen (secondary N) is 3. The maximum absolute atomic E-state index is 12.5. The molecule has 1 amide bonds. The summed E-state index contributed by atoms with van der Waals surface area (Å²) in [5.74, 6) is -0.652. The molecular weight excluding hydrogens is 500 g/mol. The highest BCUT2D eigenvalue weighted by Crippen LogP contribution is 2.30. The van der Waals surface area contributed by atoms with E-state index in [1.54, 1.807) is 24.3 Å². The smallest absolute Gasteiger partial charge is 0.254 e. The molecule has 0 aliphatic heterocycles. The van der Waals surface area contributed by atoms with Crippen LogP contribution >= 0.6 is 70.2 Å². The Labute approximate surface area is 198 Å². The van der Waals surface area contributed by atoms with Gasteiger partial charge in [0.15, 0.2) is 10.9 Å². The number of ketones is 1. The molecule has 29 heavy (non-hydrogen) atoms. The number of Topliss-reactive ketones (excluding diaryl/α,β-unsaturated/α-hetero) is 1. The summed E-state index contributed by atoms with van der Waals surface area (Å²) in [6, 6.07) is 11.0. The lowest BCUT2D eigenvalue weighted by molar-refractivity contribution is 0.0934. The lowest BCUT2D eigenvalue weighted by atomic mass is 10.1. The number of alkyl halides is 3. The molecule has 0 heterocycles. The number of anilines is 1. The van der Waals surface area contributed by atoms with Crippen molar-refractivity contribution < 1.29 is 9.59 Å². The highest BCUT2D eigenvalue weighted by molar-refractivity contribution is 7.80. The third-order valence-corrected chi connectivity index (χ3v) is 5.03. The molecule has 5 nitrogen and oxygen atoms in total. The second-order valence-corrected chi connectivity index (χ2v) is 9.43. The standard InChI is InChI=1S/C18H14Cl5N3O2S/c1-9(27)10-2-5-12(6-3-10)24-17(29)26-16(18(21,22)23)25-15(28)13-7-4-11(19)8-14(13)20/h2-8,16H,1H3,(H,25,28)(H2,24,26,29)/t16-/m0/s1. The minimum atomic E-state index is -1.93. The van der Waals surface area contributed by atoms with Crippen molar-refractivity contribution in [1.82, 2.24) is 10.6 Å². The van der Waals surface area contributed by atoms with E-state index in [-0.39, 0.29) is 21.5 Å². The number of carbonyl (C=O) groups excluding carboxylic acids is 2. The number of hydrogen-bond acceptors (Lipinski definition) is 3. The summed E-state index contributed by atoms with van der Waals surface area (Å²) in [4.78, 5) is 23.9. The van der Waals surface area contributed by atoms with Crippen molar-refractivity contribution in [2.24, 2.45) is 0 Å². The Morgan fingerprint density at radius 2 is 1.62 bits per heavy atom. The summed E-state index contributed by atoms with van der Waals surface area (Å²) in [5.41, 5.74) is 1.30. The van der Waals surface area contributed by atoms with Gasteiger partial charge >= 0.3 is 0 Å². The van der Waals surface area contributed by atoms with E-state index in [9.17, 15) is 9.59 Å². The molecule has 0 aliphatic carbocycles. The number of carbonyl (C=O) groups is 2. The van der Waals surface area contributed by atoms with Crippen LogP contribution < -0.4 is 16.0 Å². The number of amides is 1. The Balaban J connectivity index is 2.09. The van der Waals surface area contributed by atoms with Crippen LogP contribution in [0.25, 0.3) is 0 Å². The lowest BCUT2D eigenvalue weighted by Gasteiger charge is -2.28. The largest absolute Gasteiger partial charge is 0.339 e. The van der Waals surface area contributed by atoms with Crippen LogP contribution in [-0.2, 0) is 0 Å². The maximum Gasteiger partial charge on any atom is 0.254 e. The number of halogens is 5. The second kappa shape index (κ2) is 10.2. The van der Waals surface area contributed by atoms with Gasteiger partial charge in [-0.15, -0.1) is 0 Å². The topological polar surface area (TPSA) is 70.2 Å². The first kappa shape index (κ1) is 24.0. The van der Waals surface area contributed by atoms with Gasteiger partial charge in [0.05, 0.1) is 10.6 Å². The Hall–Kier alpha value is -1.28. The first-order valence-electron chi connectivity index (χ1n) is 7.98. The van der Waals surface area contributed by atoms with Crippen LogP contribution in [0.5, 0.6) is 0 Å². The molecule has 0 bridgehead atoms. The van der Waals surface area contributed by atoms with E-state index in [1.807, 2.05) is 0 Å². The van der Waals surface area contributed by atoms with Crippen LogP contribution in [0.1, 0.15) is 27.6 Å². The average Bonchev–Trinajstić information content (AvgIpc) is 2.60. The van der Waals surface area contributed by atoms with Crippen molar-refractivity contribution in [2.45, 2.75) is 16.9 Å². The van der Waals surface area contributed by atoms with Crippen LogP contribution in [0.4, 0.5) is 5.69 Å². The van der Waals surface area contributed by atoms with Gasteiger partial charge in [-0.05, 0) is 61.6 Å². The van der Waals surface area contributed by atoms with Gasteiger partial charge in [0, 0.05) is 16.3 Å². The second-order valence-electron chi connectivity index (χ2n) is 5.80. The van der Waals surface area contributed by atoms with Gasteiger partial charge in [-0.1, -0.05) is 58.0 Å². The van der Waals surface area contributed by atoms with Gasteiger partial charge in [0.2, 0.25) is 3.79 Å². The van der Waals surface area contributed by atoms with E-state index in [0.717, 1.165) is 0 Å². The summed E-state index contributed by atoms with van der Waals surface area (Å²) in [6.45, 7) is 1.47. The monoisotopic (exact) mass is 511 g/mol. The summed E-state index contributed by atoms with van der Waals surface area (Å²) >= 11 is 35.0.